The first-order chi connectivity index (χ1) is 7.34. The van der Waals surface area contributed by atoms with Gasteiger partial charge < -0.3 is 5.73 Å². The van der Waals surface area contributed by atoms with Gasteiger partial charge in [0, 0.05) is 11.4 Å². The van der Waals surface area contributed by atoms with Crippen molar-refractivity contribution in [3.63, 3.8) is 0 Å². The van der Waals surface area contributed by atoms with Crippen LogP contribution in [0.2, 0.25) is 0 Å². The summed E-state index contributed by atoms with van der Waals surface area (Å²) in [5.74, 6) is -1.68. The molecule has 16 heavy (non-hydrogen) atoms. The summed E-state index contributed by atoms with van der Waals surface area (Å²) < 4.78 is 62.7. The number of benzene rings is 1. The molecule has 0 saturated carbocycles. The van der Waals surface area contributed by atoms with Crippen molar-refractivity contribution in [2.45, 2.75) is 16.3 Å². The first kappa shape index (κ1) is 13.2. The molecule has 90 valence electrons. The molecule has 0 saturated heterocycles. The van der Waals surface area contributed by atoms with Crippen LogP contribution >= 0.6 is 11.8 Å². The molecule has 1 atom stereocenters. The molecule has 1 rings (SSSR count). The van der Waals surface area contributed by atoms with Crippen molar-refractivity contribution in [3.8, 4) is 0 Å². The van der Waals surface area contributed by atoms with Crippen molar-refractivity contribution in [1.82, 2.24) is 0 Å². The van der Waals surface area contributed by atoms with E-state index in [1.54, 1.807) is 0 Å². The SMILES string of the molecule is NCC(Sc1cc(F)ccc1F)C(F)(F)F. The Bertz CT molecular complexity index is 365. The van der Waals surface area contributed by atoms with Crippen LogP contribution in [0.4, 0.5) is 22.0 Å². The van der Waals surface area contributed by atoms with Gasteiger partial charge in [-0.15, -0.1) is 11.8 Å². The zero-order chi connectivity index (χ0) is 12.3. The van der Waals surface area contributed by atoms with Crippen LogP contribution in [-0.2, 0) is 0 Å². The van der Waals surface area contributed by atoms with Crippen molar-refractivity contribution in [2.24, 2.45) is 5.73 Å². The van der Waals surface area contributed by atoms with E-state index in [0.717, 1.165) is 12.1 Å². The Morgan fingerprint density at radius 1 is 1.25 bits per heavy atom. The summed E-state index contributed by atoms with van der Waals surface area (Å²) in [4.78, 5) is -0.396. The number of rotatable bonds is 3. The van der Waals surface area contributed by atoms with E-state index in [0.29, 0.717) is 6.07 Å². The number of thioether (sulfide) groups is 1. The first-order valence-corrected chi connectivity index (χ1v) is 5.11. The van der Waals surface area contributed by atoms with E-state index in [4.69, 9.17) is 5.73 Å². The van der Waals surface area contributed by atoms with Gasteiger partial charge in [0.1, 0.15) is 16.9 Å². The lowest BCUT2D eigenvalue weighted by atomic mass is 10.3. The van der Waals surface area contributed by atoms with Gasteiger partial charge in [0.05, 0.1) is 0 Å². The molecular weight excluding hydrogens is 249 g/mol. The number of alkyl halides is 3. The summed E-state index contributed by atoms with van der Waals surface area (Å²) >= 11 is 0.171. The average molecular weight is 257 g/mol. The molecule has 0 heterocycles. The van der Waals surface area contributed by atoms with Crippen molar-refractivity contribution in [3.05, 3.63) is 29.8 Å². The Morgan fingerprint density at radius 3 is 2.38 bits per heavy atom. The molecule has 0 aliphatic carbocycles. The minimum Gasteiger partial charge on any atom is -0.329 e. The maximum absolute atomic E-state index is 13.1. The third kappa shape index (κ3) is 3.34. The van der Waals surface area contributed by atoms with Crippen LogP contribution in [0.1, 0.15) is 0 Å². The lowest BCUT2D eigenvalue weighted by Crippen LogP contribution is -2.33. The fourth-order valence-electron chi connectivity index (χ4n) is 0.969. The first-order valence-electron chi connectivity index (χ1n) is 4.23. The molecule has 1 unspecified atom stereocenters. The molecule has 1 aromatic carbocycles. The van der Waals surface area contributed by atoms with Gasteiger partial charge >= 0.3 is 6.18 Å². The summed E-state index contributed by atoms with van der Waals surface area (Å²) in [6.07, 6.45) is -4.54. The van der Waals surface area contributed by atoms with Gasteiger partial charge in [-0.25, -0.2) is 8.78 Å². The highest BCUT2D eigenvalue weighted by Crippen LogP contribution is 2.35. The van der Waals surface area contributed by atoms with E-state index in [1.807, 2.05) is 0 Å². The van der Waals surface area contributed by atoms with Gasteiger partial charge in [-0.05, 0) is 18.2 Å². The number of halogens is 5. The molecule has 0 aliphatic rings. The zero-order valence-corrected chi connectivity index (χ0v) is 8.71. The molecule has 1 nitrogen and oxygen atoms in total. The smallest absolute Gasteiger partial charge is 0.329 e. The summed E-state index contributed by atoms with van der Waals surface area (Å²) in [5, 5.41) is -1.94. The third-order valence-electron chi connectivity index (χ3n) is 1.74. The zero-order valence-electron chi connectivity index (χ0n) is 7.89. The molecule has 0 spiro atoms. The summed E-state index contributed by atoms with van der Waals surface area (Å²) in [6.45, 7) is -0.690. The van der Waals surface area contributed by atoms with Gasteiger partial charge in [-0.3, -0.25) is 0 Å². The van der Waals surface area contributed by atoms with Crippen LogP contribution in [-0.4, -0.2) is 18.0 Å². The predicted octanol–water partition coefficient (Wildman–Crippen LogP) is 2.95. The van der Waals surface area contributed by atoms with Crippen LogP contribution in [0.25, 0.3) is 0 Å². The molecule has 7 heteroatoms. The minimum absolute atomic E-state index is 0.171. The topological polar surface area (TPSA) is 26.0 Å². The maximum Gasteiger partial charge on any atom is 0.402 e. The maximum atomic E-state index is 13.1. The minimum atomic E-state index is -4.54. The Labute approximate surface area is 92.8 Å². The van der Waals surface area contributed by atoms with E-state index < -0.39 is 34.5 Å². The van der Waals surface area contributed by atoms with Crippen molar-refractivity contribution < 1.29 is 22.0 Å². The number of hydrogen-bond acceptors (Lipinski definition) is 2. The van der Waals surface area contributed by atoms with Crippen molar-refractivity contribution in [1.29, 1.82) is 0 Å². The van der Waals surface area contributed by atoms with Gasteiger partial charge in [-0.2, -0.15) is 13.2 Å². The van der Waals surface area contributed by atoms with E-state index in [-0.39, 0.29) is 11.8 Å². The normalized spacial score (nSPS) is 13.9. The second kappa shape index (κ2) is 5.01. The van der Waals surface area contributed by atoms with E-state index in [9.17, 15) is 22.0 Å². The van der Waals surface area contributed by atoms with Crippen molar-refractivity contribution in [2.75, 3.05) is 6.54 Å². The van der Waals surface area contributed by atoms with E-state index >= 15 is 0 Å². The standard InChI is InChI=1S/C9H8F5NS/c10-5-1-2-6(11)7(3-5)16-8(4-15)9(12,13)14/h1-3,8H,4,15H2. The molecule has 0 radical (unpaired) electrons. The van der Waals surface area contributed by atoms with Crippen LogP contribution < -0.4 is 5.73 Å². The Hall–Kier alpha value is -0.820. The fraction of sp³-hybridized carbons (Fsp3) is 0.333. The van der Waals surface area contributed by atoms with Crippen LogP contribution in [0.5, 0.6) is 0 Å². The Kier molecular flexibility index (Phi) is 4.15. The number of hydrogen-bond donors (Lipinski definition) is 1. The van der Waals surface area contributed by atoms with Gasteiger partial charge in [-0.1, -0.05) is 0 Å². The van der Waals surface area contributed by atoms with Crippen LogP contribution in [0, 0.1) is 11.6 Å². The molecule has 0 bridgehead atoms. The third-order valence-corrected chi connectivity index (χ3v) is 3.05. The Balaban J connectivity index is 2.90. The highest BCUT2D eigenvalue weighted by Gasteiger charge is 2.39. The molecular formula is C9H8F5NS. The molecule has 0 amide bonds. The molecule has 1 aromatic rings. The fourth-order valence-corrected chi connectivity index (χ4v) is 1.87. The number of nitrogens with two attached hydrogens (primary N) is 1. The van der Waals surface area contributed by atoms with E-state index in [1.165, 1.54) is 0 Å². The van der Waals surface area contributed by atoms with Gasteiger partial charge in [0.25, 0.3) is 0 Å². The molecule has 0 fully saturated rings. The quantitative estimate of drug-likeness (QED) is 0.665. The summed E-state index contributed by atoms with van der Waals surface area (Å²) in [5.41, 5.74) is 4.94. The molecule has 0 aliphatic heterocycles. The largest absolute Gasteiger partial charge is 0.402 e. The van der Waals surface area contributed by atoms with Gasteiger partial charge in [0.2, 0.25) is 0 Å². The van der Waals surface area contributed by atoms with Gasteiger partial charge in [0.15, 0.2) is 0 Å². The lowest BCUT2D eigenvalue weighted by Gasteiger charge is -2.17. The highest BCUT2D eigenvalue weighted by atomic mass is 32.2. The Morgan fingerprint density at radius 2 is 1.88 bits per heavy atom. The molecule has 0 aromatic heterocycles. The van der Waals surface area contributed by atoms with E-state index in [2.05, 4.69) is 0 Å². The lowest BCUT2D eigenvalue weighted by molar-refractivity contribution is -0.126. The summed E-state index contributed by atoms with van der Waals surface area (Å²) in [7, 11) is 0. The average Bonchev–Trinajstić information content (AvgIpc) is 2.17. The monoisotopic (exact) mass is 257 g/mol. The van der Waals surface area contributed by atoms with Crippen molar-refractivity contribution >= 4 is 11.8 Å². The highest BCUT2D eigenvalue weighted by molar-refractivity contribution is 8.00. The van der Waals surface area contributed by atoms with Crippen LogP contribution in [0.15, 0.2) is 23.1 Å². The molecule has 2 N–H and O–H groups in total. The second-order valence-electron chi connectivity index (χ2n) is 2.96. The van der Waals surface area contributed by atoms with Crippen LogP contribution in [0.3, 0.4) is 0 Å². The second-order valence-corrected chi connectivity index (χ2v) is 4.20. The predicted molar refractivity (Wildman–Crippen MR) is 51.1 cm³/mol. The summed E-state index contributed by atoms with van der Waals surface area (Å²) in [6, 6.07) is 2.33.